The molecule has 0 bridgehead atoms. The minimum Gasteiger partial charge on any atom is -0.363 e. The topological polar surface area (TPSA) is 68.0 Å². The Labute approximate surface area is 153 Å². The number of aromatic nitrogens is 2. The monoisotopic (exact) mass is 349 g/mol. The molecule has 0 aliphatic carbocycles. The van der Waals surface area contributed by atoms with Crippen molar-refractivity contribution in [2.45, 2.75) is 33.2 Å². The number of carbonyl (C=O) groups is 1. The Morgan fingerprint density at radius 1 is 1.15 bits per heavy atom. The van der Waals surface area contributed by atoms with Crippen molar-refractivity contribution in [2.75, 3.05) is 0 Å². The molecule has 3 aromatic rings. The SMILES string of the molecule is CC(C)(C)C[C@H](NC(=O)c1conc1-c1ccccc1)c1cccnc1. The summed E-state index contributed by atoms with van der Waals surface area (Å²) in [6.45, 7) is 6.45. The van der Waals surface area contributed by atoms with Crippen LogP contribution in [0, 0.1) is 5.41 Å². The lowest BCUT2D eigenvalue weighted by molar-refractivity contribution is 0.0926. The highest BCUT2D eigenvalue weighted by Gasteiger charge is 2.25. The Morgan fingerprint density at radius 2 is 1.92 bits per heavy atom. The van der Waals surface area contributed by atoms with E-state index in [4.69, 9.17) is 4.52 Å². The standard InChI is InChI=1S/C21H23N3O2/c1-21(2,3)12-18(16-10-7-11-22-13-16)23-20(25)17-14-26-24-19(17)15-8-5-4-6-9-15/h4-11,13-14,18H,12H2,1-3H3,(H,23,25)/t18-/m0/s1. The number of nitrogens with zero attached hydrogens (tertiary/aromatic N) is 2. The van der Waals surface area contributed by atoms with Crippen molar-refractivity contribution < 1.29 is 9.32 Å². The Bertz CT molecular complexity index is 852. The molecule has 0 unspecified atom stereocenters. The third kappa shape index (κ3) is 4.36. The summed E-state index contributed by atoms with van der Waals surface area (Å²) in [7, 11) is 0. The molecule has 0 saturated heterocycles. The van der Waals surface area contributed by atoms with Crippen LogP contribution >= 0.6 is 0 Å². The van der Waals surface area contributed by atoms with Crippen LogP contribution in [0.3, 0.4) is 0 Å². The third-order valence-corrected chi connectivity index (χ3v) is 4.07. The van der Waals surface area contributed by atoms with Crippen molar-refractivity contribution >= 4 is 5.91 Å². The first-order chi connectivity index (χ1) is 12.4. The van der Waals surface area contributed by atoms with E-state index in [0.29, 0.717) is 11.3 Å². The molecule has 0 aliphatic rings. The van der Waals surface area contributed by atoms with Crippen LogP contribution in [0.15, 0.2) is 65.6 Å². The van der Waals surface area contributed by atoms with Gasteiger partial charge < -0.3 is 9.84 Å². The molecule has 1 amide bonds. The summed E-state index contributed by atoms with van der Waals surface area (Å²) in [5, 5.41) is 7.14. The van der Waals surface area contributed by atoms with Gasteiger partial charge in [0.1, 0.15) is 17.5 Å². The van der Waals surface area contributed by atoms with E-state index in [1.165, 1.54) is 6.26 Å². The van der Waals surface area contributed by atoms with E-state index in [1.807, 2.05) is 42.5 Å². The fraction of sp³-hybridized carbons (Fsp3) is 0.286. The van der Waals surface area contributed by atoms with Crippen LogP contribution in [0.5, 0.6) is 0 Å². The summed E-state index contributed by atoms with van der Waals surface area (Å²) in [6.07, 6.45) is 5.71. The van der Waals surface area contributed by atoms with Gasteiger partial charge in [0, 0.05) is 18.0 Å². The van der Waals surface area contributed by atoms with Crippen LogP contribution in [-0.2, 0) is 0 Å². The smallest absolute Gasteiger partial charge is 0.257 e. The summed E-state index contributed by atoms with van der Waals surface area (Å²) >= 11 is 0. The highest BCUT2D eigenvalue weighted by molar-refractivity contribution is 5.99. The highest BCUT2D eigenvalue weighted by atomic mass is 16.5. The molecule has 0 radical (unpaired) electrons. The van der Waals surface area contributed by atoms with Gasteiger partial charge in [-0.2, -0.15) is 0 Å². The van der Waals surface area contributed by atoms with Crippen LogP contribution in [-0.4, -0.2) is 16.0 Å². The van der Waals surface area contributed by atoms with Gasteiger partial charge in [0.05, 0.1) is 6.04 Å². The van der Waals surface area contributed by atoms with Crippen molar-refractivity contribution in [3.63, 3.8) is 0 Å². The first-order valence-corrected chi connectivity index (χ1v) is 8.64. The van der Waals surface area contributed by atoms with Gasteiger partial charge in [-0.3, -0.25) is 9.78 Å². The molecule has 1 atom stereocenters. The molecule has 134 valence electrons. The summed E-state index contributed by atoms with van der Waals surface area (Å²) in [6, 6.07) is 13.3. The van der Waals surface area contributed by atoms with Gasteiger partial charge in [0.2, 0.25) is 0 Å². The second kappa shape index (κ2) is 7.52. The van der Waals surface area contributed by atoms with Crippen LogP contribution < -0.4 is 5.32 Å². The Hall–Kier alpha value is -2.95. The van der Waals surface area contributed by atoms with Crippen molar-refractivity contribution in [1.29, 1.82) is 0 Å². The van der Waals surface area contributed by atoms with E-state index >= 15 is 0 Å². The average Bonchev–Trinajstić information content (AvgIpc) is 3.11. The maximum Gasteiger partial charge on any atom is 0.257 e. The molecule has 1 aromatic carbocycles. The quantitative estimate of drug-likeness (QED) is 0.728. The molecule has 3 rings (SSSR count). The number of rotatable bonds is 5. The number of hydrogen-bond acceptors (Lipinski definition) is 4. The lowest BCUT2D eigenvalue weighted by Crippen LogP contribution is -2.31. The van der Waals surface area contributed by atoms with Gasteiger partial charge in [-0.15, -0.1) is 0 Å². The fourth-order valence-electron chi connectivity index (χ4n) is 2.88. The molecule has 5 heteroatoms. The van der Waals surface area contributed by atoms with Crippen LogP contribution in [0.1, 0.15) is 49.2 Å². The number of carbonyl (C=O) groups excluding carboxylic acids is 1. The lowest BCUT2D eigenvalue weighted by Gasteiger charge is -2.27. The Kier molecular flexibility index (Phi) is 5.16. The van der Waals surface area contributed by atoms with Gasteiger partial charge in [-0.05, 0) is 23.5 Å². The number of nitrogens with one attached hydrogen (secondary N) is 1. The van der Waals surface area contributed by atoms with Crippen LogP contribution in [0.25, 0.3) is 11.3 Å². The van der Waals surface area contributed by atoms with E-state index in [2.05, 4.69) is 36.2 Å². The molecule has 2 aromatic heterocycles. The van der Waals surface area contributed by atoms with E-state index in [1.54, 1.807) is 12.4 Å². The van der Waals surface area contributed by atoms with Crippen molar-refractivity contribution in [3.05, 3.63) is 72.2 Å². The van der Waals surface area contributed by atoms with E-state index in [0.717, 1.165) is 17.5 Å². The molecule has 2 heterocycles. The molecular formula is C21H23N3O2. The molecule has 0 fully saturated rings. The predicted molar refractivity (Wildman–Crippen MR) is 100 cm³/mol. The van der Waals surface area contributed by atoms with E-state index < -0.39 is 0 Å². The molecule has 1 N–H and O–H groups in total. The number of pyridine rings is 1. The fourth-order valence-corrected chi connectivity index (χ4v) is 2.88. The van der Waals surface area contributed by atoms with E-state index in [9.17, 15) is 4.79 Å². The van der Waals surface area contributed by atoms with Gasteiger partial charge >= 0.3 is 0 Å². The van der Waals surface area contributed by atoms with Gasteiger partial charge in [-0.25, -0.2) is 0 Å². The normalized spacial score (nSPS) is 12.6. The summed E-state index contributed by atoms with van der Waals surface area (Å²) < 4.78 is 5.09. The number of benzene rings is 1. The Balaban J connectivity index is 1.86. The maximum atomic E-state index is 12.9. The molecule has 0 spiro atoms. The van der Waals surface area contributed by atoms with Gasteiger partial charge in [0.25, 0.3) is 5.91 Å². The molecule has 0 aliphatic heterocycles. The first-order valence-electron chi connectivity index (χ1n) is 8.64. The second-order valence-corrected chi connectivity index (χ2v) is 7.52. The lowest BCUT2D eigenvalue weighted by atomic mass is 9.85. The minimum atomic E-state index is -0.205. The molecular weight excluding hydrogens is 326 g/mol. The van der Waals surface area contributed by atoms with Crippen LogP contribution in [0.4, 0.5) is 0 Å². The number of hydrogen-bond donors (Lipinski definition) is 1. The largest absolute Gasteiger partial charge is 0.363 e. The zero-order chi connectivity index (χ0) is 18.6. The van der Waals surface area contributed by atoms with Crippen molar-refractivity contribution in [1.82, 2.24) is 15.5 Å². The van der Waals surface area contributed by atoms with Gasteiger partial charge in [-0.1, -0.05) is 62.3 Å². The van der Waals surface area contributed by atoms with E-state index in [-0.39, 0.29) is 17.4 Å². The number of amides is 1. The first kappa shape index (κ1) is 17.9. The molecule has 0 saturated carbocycles. The van der Waals surface area contributed by atoms with Gasteiger partial charge in [0.15, 0.2) is 0 Å². The average molecular weight is 349 g/mol. The molecule has 5 nitrogen and oxygen atoms in total. The van der Waals surface area contributed by atoms with Crippen molar-refractivity contribution in [3.8, 4) is 11.3 Å². The van der Waals surface area contributed by atoms with Crippen LogP contribution in [0.2, 0.25) is 0 Å². The summed E-state index contributed by atoms with van der Waals surface area (Å²) in [4.78, 5) is 17.1. The Morgan fingerprint density at radius 3 is 2.58 bits per heavy atom. The third-order valence-electron chi connectivity index (χ3n) is 4.07. The minimum absolute atomic E-state index is 0.0463. The summed E-state index contributed by atoms with van der Waals surface area (Å²) in [5.74, 6) is -0.205. The summed E-state index contributed by atoms with van der Waals surface area (Å²) in [5.41, 5.74) is 2.85. The zero-order valence-corrected chi connectivity index (χ0v) is 15.3. The van der Waals surface area contributed by atoms with Crippen molar-refractivity contribution in [2.24, 2.45) is 5.41 Å². The molecule has 26 heavy (non-hydrogen) atoms. The predicted octanol–water partition coefficient (Wildman–Crippen LogP) is 4.64. The second-order valence-electron chi connectivity index (χ2n) is 7.52. The maximum absolute atomic E-state index is 12.9. The zero-order valence-electron chi connectivity index (χ0n) is 15.3. The highest BCUT2D eigenvalue weighted by Crippen LogP contribution is 2.30.